The number of benzene rings is 1. The molecule has 0 aliphatic heterocycles. The summed E-state index contributed by atoms with van der Waals surface area (Å²) < 4.78 is 31.6. The van der Waals surface area contributed by atoms with E-state index in [2.05, 4.69) is 5.32 Å². The number of aromatic hydroxyl groups is 1. The Morgan fingerprint density at radius 1 is 1.20 bits per heavy atom. The molecule has 3 aliphatic carbocycles. The third kappa shape index (κ3) is 5.60. The molecule has 4 atom stereocenters. The van der Waals surface area contributed by atoms with E-state index in [1.165, 1.54) is 4.90 Å². The van der Waals surface area contributed by atoms with E-state index in [1.54, 1.807) is 20.2 Å². The molecule has 0 heterocycles. The summed E-state index contributed by atoms with van der Waals surface area (Å²) in [6, 6.07) is 0.452. The number of hydrogen-bond acceptors (Lipinski definition) is 12. The van der Waals surface area contributed by atoms with Crippen LogP contribution in [0.15, 0.2) is 23.0 Å². The van der Waals surface area contributed by atoms with Crippen LogP contribution < -0.4 is 16.8 Å². The van der Waals surface area contributed by atoms with Crippen molar-refractivity contribution < 1.29 is 52.3 Å². The molecule has 4 rings (SSSR count). The molecule has 15 nitrogen and oxygen atoms in total. The van der Waals surface area contributed by atoms with Crippen molar-refractivity contribution in [2.75, 3.05) is 31.7 Å². The molecular weight excluding hydrogens is 564 g/mol. The van der Waals surface area contributed by atoms with Crippen molar-refractivity contribution in [2.24, 2.45) is 17.6 Å². The van der Waals surface area contributed by atoms with Crippen molar-refractivity contribution in [3.8, 4) is 5.75 Å². The van der Waals surface area contributed by atoms with Crippen LogP contribution in [-0.4, -0.2) is 92.6 Å². The highest BCUT2D eigenvalue weighted by molar-refractivity contribution is 7.79. The molecule has 41 heavy (non-hydrogen) atoms. The van der Waals surface area contributed by atoms with Gasteiger partial charge in [0.2, 0.25) is 5.78 Å². The number of nitrogens with zero attached hydrogens (tertiary/aromatic N) is 1. The first kappa shape index (κ1) is 31.8. The largest absolute Gasteiger partial charge is 0.508 e. The number of phenols is 1. The molecule has 0 aromatic heterocycles. The highest BCUT2D eigenvalue weighted by Gasteiger charge is 2.64. The molecule has 11 N–H and O–H groups in total. The van der Waals surface area contributed by atoms with Gasteiger partial charge in [0, 0.05) is 23.7 Å². The number of nitrogens with one attached hydrogen (secondary N) is 1. The maximum atomic E-state index is 13.8. The lowest BCUT2D eigenvalue weighted by atomic mass is 9.57. The van der Waals surface area contributed by atoms with Gasteiger partial charge in [-0.05, 0) is 50.9 Å². The Hall–Kier alpha value is -3.70. The van der Waals surface area contributed by atoms with Gasteiger partial charge in [-0.3, -0.25) is 28.4 Å². The second-order valence-corrected chi connectivity index (χ2v) is 11.3. The number of likely N-dealkylation sites (N-methyl/N-ethyl adjacent to an activating group) is 1. The maximum Gasteiger partial charge on any atom is 0.394 e. The lowest BCUT2D eigenvalue weighted by molar-refractivity contribution is -0.153. The van der Waals surface area contributed by atoms with Gasteiger partial charge in [0.15, 0.2) is 11.4 Å². The first-order chi connectivity index (χ1) is 18.9. The van der Waals surface area contributed by atoms with Gasteiger partial charge in [-0.2, -0.15) is 8.42 Å². The molecule has 3 aliphatic rings. The number of unbranched alkanes of at least 4 members (excludes halogenated alkanes) is 1. The van der Waals surface area contributed by atoms with Crippen LogP contribution in [0.2, 0.25) is 0 Å². The summed E-state index contributed by atoms with van der Waals surface area (Å²) in [5, 5.41) is 47.7. The van der Waals surface area contributed by atoms with Crippen molar-refractivity contribution in [3.63, 3.8) is 0 Å². The smallest absolute Gasteiger partial charge is 0.394 e. The fraction of sp³-hybridized carbons (Fsp3) is 0.480. The Bertz CT molecular complexity index is 1460. The number of anilines is 2. The van der Waals surface area contributed by atoms with Crippen molar-refractivity contribution in [1.82, 2.24) is 4.90 Å². The summed E-state index contributed by atoms with van der Waals surface area (Å²) in [5.41, 5.74) is 8.74. The topological polar surface area (TPSA) is 274 Å². The van der Waals surface area contributed by atoms with E-state index in [1.807, 2.05) is 6.92 Å². The van der Waals surface area contributed by atoms with Gasteiger partial charge in [-0.15, -0.1) is 0 Å². The van der Waals surface area contributed by atoms with Gasteiger partial charge in [0.05, 0.1) is 17.3 Å². The molecule has 1 amide bonds. The van der Waals surface area contributed by atoms with Gasteiger partial charge in [0.1, 0.15) is 22.8 Å². The number of carbonyl (C=O) groups is 3. The number of rotatable bonds is 6. The number of carbonyl (C=O) groups excluding carboxylic acids is 3. The zero-order valence-electron chi connectivity index (χ0n) is 22.6. The van der Waals surface area contributed by atoms with Crippen molar-refractivity contribution in [2.45, 2.75) is 44.2 Å². The standard InChI is InChI=1S/C25H32N4O7.H2O4S/c1-4-5-6-28-14-9-13(26)19(30)16-11(14)7-10-8-12-18(29(2)3)21(32)17(24(27)35)23(34)25(12,36)22(33)15(10)20(16)31;1-5(2,3)4/h9-10,12,18,28,30-31,34,36H,4-8,26H2,1-3H3,(H2,27,35);(H2,1,2,3,4)/t10?,12?,18-,25-;/m0./s1. The average Bonchev–Trinajstić information content (AvgIpc) is 2.83. The predicted molar refractivity (Wildman–Crippen MR) is 146 cm³/mol. The molecular formula is C25H34N4O11S. The molecule has 0 radical (unpaired) electrons. The van der Waals surface area contributed by atoms with Crippen LogP contribution in [-0.2, 0) is 31.2 Å². The number of aliphatic hydroxyl groups excluding tert-OH is 2. The minimum Gasteiger partial charge on any atom is -0.508 e. The van der Waals surface area contributed by atoms with Crippen molar-refractivity contribution in [1.29, 1.82) is 0 Å². The van der Waals surface area contributed by atoms with Crippen LogP contribution >= 0.6 is 0 Å². The fourth-order valence-electron chi connectivity index (χ4n) is 5.89. The molecule has 0 spiro atoms. The van der Waals surface area contributed by atoms with Crippen LogP contribution in [0.4, 0.5) is 11.4 Å². The van der Waals surface area contributed by atoms with E-state index in [4.69, 9.17) is 29.0 Å². The van der Waals surface area contributed by atoms with E-state index in [9.17, 15) is 34.8 Å². The number of Topliss-reactive ketones (excluding diaryl/α,β-unsaturated/α-hetero) is 2. The maximum absolute atomic E-state index is 13.8. The van der Waals surface area contributed by atoms with Gasteiger partial charge in [-0.25, -0.2) is 0 Å². The fourth-order valence-corrected chi connectivity index (χ4v) is 5.89. The number of aliphatic hydroxyl groups is 3. The number of primary amides is 1. The third-order valence-electron chi connectivity index (χ3n) is 7.60. The first-order valence-electron chi connectivity index (χ1n) is 12.6. The molecule has 226 valence electrons. The Morgan fingerprint density at radius 2 is 1.78 bits per heavy atom. The summed E-state index contributed by atoms with van der Waals surface area (Å²) in [7, 11) is -1.55. The summed E-state index contributed by atoms with van der Waals surface area (Å²) in [6.07, 6.45) is 2.06. The van der Waals surface area contributed by atoms with Gasteiger partial charge in [0.25, 0.3) is 5.91 Å². The van der Waals surface area contributed by atoms with Crippen LogP contribution in [0.1, 0.15) is 37.3 Å². The highest BCUT2D eigenvalue weighted by Crippen LogP contribution is 2.54. The summed E-state index contributed by atoms with van der Waals surface area (Å²) in [5.74, 6) is -6.94. The van der Waals surface area contributed by atoms with Crippen LogP contribution in [0.3, 0.4) is 0 Å². The Labute approximate surface area is 235 Å². The van der Waals surface area contributed by atoms with Crippen LogP contribution in [0.5, 0.6) is 5.75 Å². The normalized spacial score (nSPS) is 25.7. The van der Waals surface area contributed by atoms with Crippen LogP contribution in [0, 0.1) is 11.8 Å². The monoisotopic (exact) mass is 598 g/mol. The molecule has 16 heteroatoms. The summed E-state index contributed by atoms with van der Waals surface area (Å²) >= 11 is 0. The predicted octanol–water partition coefficient (Wildman–Crippen LogP) is 0.105. The average molecular weight is 599 g/mol. The van der Waals surface area contributed by atoms with E-state index < -0.39 is 74.2 Å². The minimum absolute atomic E-state index is 0.00659. The van der Waals surface area contributed by atoms with Gasteiger partial charge >= 0.3 is 10.4 Å². The summed E-state index contributed by atoms with van der Waals surface area (Å²) in [4.78, 5) is 40.4. The number of fused-ring (bicyclic) bond motifs is 3. The van der Waals surface area contributed by atoms with Crippen molar-refractivity contribution >= 4 is 45.0 Å². The summed E-state index contributed by atoms with van der Waals surface area (Å²) in [6.45, 7) is 2.67. The van der Waals surface area contributed by atoms with Crippen molar-refractivity contribution in [3.05, 3.63) is 34.1 Å². The molecule has 1 aromatic carbocycles. The lowest BCUT2D eigenvalue weighted by Gasteiger charge is -2.50. The number of hydrogen-bond donors (Lipinski definition) is 9. The van der Waals surface area contributed by atoms with Gasteiger partial charge < -0.3 is 37.2 Å². The lowest BCUT2D eigenvalue weighted by Crippen LogP contribution is -2.65. The molecule has 1 saturated carbocycles. The minimum atomic E-state index is -4.67. The number of nitrogens with two attached hydrogens (primary N) is 2. The van der Waals surface area contributed by atoms with E-state index in [0.717, 1.165) is 12.8 Å². The molecule has 0 saturated heterocycles. The number of nitrogen functional groups attached to an aromatic ring is 1. The quantitative estimate of drug-likeness (QED) is 0.0525. The molecule has 1 aromatic rings. The van der Waals surface area contributed by atoms with E-state index in [-0.39, 0.29) is 29.7 Å². The molecule has 1 fully saturated rings. The Balaban J connectivity index is 0.000000850. The SMILES string of the molecule is CCCCNc1cc(N)c(O)c2c1CC1CC3[C@H](N(C)C)C(=O)C(C(N)=O)=C(O)[C@@]3(O)C(=O)C1=C2O.O=S(=O)(O)O. The second-order valence-electron chi connectivity index (χ2n) is 10.4. The van der Waals surface area contributed by atoms with Gasteiger partial charge in [-0.1, -0.05) is 13.3 Å². The first-order valence-corrected chi connectivity index (χ1v) is 14.0. The Morgan fingerprint density at radius 3 is 2.29 bits per heavy atom. The zero-order valence-corrected chi connectivity index (χ0v) is 23.4. The van der Waals surface area contributed by atoms with E-state index >= 15 is 0 Å². The highest BCUT2D eigenvalue weighted by atomic mass is 32.3. The number of ketones is 2. The van der Waals surface area contributed by atoms with Crippen LogP contribution in [0.25, 0.3) is 5.76 Å². The number of phenolic OH excluding ortho intramolecular Hbond substituents is 1. The molecule has 0 bridgehead atoms. The Kier molecular flexibility index (Phi) is 8.76. The molecule has 2 unspecified atom stereocenters. The number of amides is 1. The van der Waals surface area contributed by atoms with E-state index in [0.29, 0.717) is 17.8 Å². The second kappa shape index (κ2) is 11.3. The zero-order chi connectivity index (χ0) is 31.2. The third-order valence-corrected chi connectivity index (χ3v) is 7.60.